The third kappa shape index (κ3) is 2.44. The molecule has 74 valence electrons. The molecule has 0 unspecified atom stereocenters. The van der Waals surface area contributed by atoms with Crippen LogP contribution in [-0.2, 0) is 9.59 Å². The molecule has 0 aromatic heterocycles. The van der Waals surface area contributed by atoms with Gasteiger partial charge in [-0.3, -0.25) is 9.59 Å². The van der Waals surface area contributed by atoms with Gasteiger partial charge in [0.2, 0.25) is 11.8 Å². The van der Waals surface area contributed by atoms with Gasteiger partial charge in [-0.2, -0.15) is 0 Å². The van der Waals surface area contributed by atoms with Crippen LogP contribution in [0, 0.1) is 11.8 Å². The van der Waals surface area contributed by atoms with E-state index in [2.05, 4.69) is 0 Å². The van der Waals surface area contributed by atoms with E-state index in [-0.39, 0.29) is 17.7 Å². The van der Waals surface area contributed by atoms with Gasteiger partial charge in [0.15, 0.2) is 0 Å². The molecule has 2 amide bonds. The van der Waals surface area contributed by atoms with Crippen LogP contribution >= 0.6 is 0 Å². The molecule has 1 fully saturated rings. The average Bonchev–Trinajstić information content (AvgIpc) is 2.31. The van der Waals surface area contributed by atoms with Crippen molar-refractivity contribution in [2.45, 2.75) is 20.3 Å². The lowest BCUT2D eigenvalue weighted by atomic mass is 10.1. The summed E-state index contributed by atoms with van der Waals surface area (Å²) >= 11 is 0. The fourth-order valence-corrected chi connectivity index (χ4v) is 1.58. The molecule has 4 heteroatoms. The maximum atomic E-state index is 11.3. The molecule has 2 N–H and O–H groups in total. The van der Waals surface area contributed by atoms with Gasteiger partial charge in [-0.25, -0.2) is 0 Å². The van der Waals surface area contributed by atoms with E-state index < -0.39 is 0 Å². The van der Waals surface area contributed by atoms with Gasteiger partial charge >= 0.3 is 0 Å². The first kappa shape index (κ1) is 10.0. The number of nitrogens with zero attached hydrogens (tertiary/aromatic N) is 1. The highest BCUT2D eigenvalue weighted by atomic mass is 16.2. The zero-order valence-corrected chi connectivity index (χ0v) is 8.12. The number of primary amides is 1. The summed E-state index contributed by atoms with van der Waals surface area (Å²) in [5.74, 6) is -0.140. The largest absolute Gasteiger partial charge is 0.369 e. The predicted octanol–water partition coefficient (Wildman–Crippen LogP) is -0.0238. The maximum absolute atomic E-state index is 11.3. The summed E-state index contributed by atoms with van der Waals surface area (Å²) < 4.78 is 0. The number of hydrogen-bond acceptors (Lipinski definition) is 2. The topological polar surface area (TPSA) is 63.4 Å². The van der Waals surface area contributed by atoms with E-state index in [1.165, 1.54) is 0 Å². The van der Waals surface area contributed by atoms with Crippen molar-refractivity contribution in [1.29, 1.82) is 0 Å². The summed E-state index contributed by atoms with van der Waals surface area (Å²) in [6, 6.07) is 0. The lowest BCUT2D eigenvalue weighted by Crippen LogP contribution is -2.31. The van der Waals surface area contributed by atoms with Crippen LogP contribution in [0.3, 0.4) is 0 Å². The Morgan fingerprint density at radius 3 is 2.69 bits per heavy atom. The third-order valence-electron chi connectivity index (χ3n) is 2.20. The summed E-state index contributed by atoms with van der Waals surface area (Å²) in [7, 11) is 0. The molecule has 0 bridgehead atoms. The molecule has 0 aliphatic carbocycles. The summed E-state index contributed by atoms with van der Waals surface area (Å²) in [5.41, 5.74) is 5.14. The van der Waals surface area contributed by atoms with Crippen molar-refractivity contribution in [1.82, 2.24) is 4.90 Å². The van der Waals surface area contributed by atoms with Crippen LogP contribution in [0.5, 0.6) is 0 Å². The van der Waals surface area contributed by atoms with Crippen molar-refractivity contribution in [3.63, 3.8) is 0 Å². The molecule has 0 spiro atoms. The van der Waals surface area contributed by atoms with Gasteiger partial charge in [0.05, 0.1) is 5.92 Å². The molecule has 1 atom stereocenters. The van der Waals surface area contributed by atoms with Crippen molar-refractivity contribution in [2.24, 2.45) is 17.6 Å². The minimum absolute atomic E-state index is 0.0532. The highest BCUT2D eigenvalue weighted by molar-refractivity contribution is 5.88. The fraction of sp³-hybridized carbons (Fsp3) is 0.778. The van der Waals surface area contributed by atoms with Crippen LogP contribution in [0.15, 0.2) is 0 Å². The SMILES string of the molecule is CC(C)CN1C[C@H](C(N)=O)CC1=O. The molecule has 1 aliphatic rings. The molecule has 0 saturated carbocycles. The second-order valence-corrected chi connectivity index (χ2v) is 4.00. The van der Waals surface area contributed by atoms with Crippen LogP contribution in [0.2, 0.25) is 0 Å². The Labute approximate surface area is 78.1 Å². The molecule has 1 heterocycles. The summed E-state index contributed by atoms with van der Waals surface area (Å²) in [4.78, 5) is 23.9. The van der Waals surface area contributed by atoms with Crippen LogP contribution in [0.1, 0.15) is 20.3 Å². The zero-order valence-electron chi connectivity index (χ0n) is 8.12. The number of rotatable bonds is 3. The first-order valence-electron chi connectivity index (χ1n) is 4.57. The fourth-order valence-electron chi connectivity index (χ4n) is 1.58. The molecule has 1 saturated heterocycles. The Morgan fingerprint density at radius 1 is 1.69 bits per heavy atom. The van der Waals surface area contributed by atoms with Crippen molar-refractivity contribution in [3.8, 4) is 0 Å². The molecule has 0 aromatic carbocycles. The number of nitrogens with two attached hydrogens (primary N) is 1. The molecular weight excluding hydrogens is 168 g/mol. The second kappa shape index (κ2) is 3.77. The molecule has 0 aromatic rings. The molecule has 13 heavy (non-hydrogen) atoms. The van der Waals surface area contributed by atoms with E-state index in [0.717, 1.165) is 6.54 Å². The van der Waals surface area contributed by atoms with E-state index in [4.69, 9.17) is 5.73 Å². The Balaban J connectivity index is 2.51. The van der Waals surface area contributed by atoms with Crippen molar-refractivity contribution < 1.29 is 9.59 Å². The predicted molar refractivity (Wildman–Crippen MR) is 48.7 cm³/mol. The number of carbonyl (C=O) groups excluding carboxylic acids is 2. The van der Waals surface area contributed by atoms with Crippen LogP contribution in [0.25, 0.3) is 0 Å². The Morgan fingerprint density at radius 2 is 2.31 bits per heavy atom. The summed E-state index contributed by atoms with van der Waals surface area (Å²) in [5, 5.41) is 0. The first-order chi connectivity index (χ1) is 6.00. The third-order valence-corrected chi connectivity index (χ3v) is 2.20. The minimum atomic E-state index is -0.361. The standard InChI is InChI=1S/C9H16N2O2/c1-6(2)4-11-5-7(9(10)13)3-8(11)12/h6-7H,3-5H2,1-2H3,(H2,10,13)/t7-/m1/s1. The number of hydrogen-bond donors (Lipinski definition) is 1. The molecule has 1 aliphatic heterocycles. The van der Waals surface area contributed by atoms with Gasteiger partial charge in [-0.1, -0.05) is 13.8 Å². The Kier molecular flexibility index (Phi) is 2.90. The van der Waals surface area contributed by atoms with Gasteiger partial charge in [0, 0.05) is 19.5 Å². The lowest BCUT2D eigenvalue weighted by Gasteiger charge is -2.18. The van der Waals surface area contributed by atoms with Crippen LogP contribution in [0.4, 0.5) is 0 Å². The van der Waals surface area contributed by atoms with E-state index in [0.29, 0.717) is 18.9 Å². The monoisotopic (exact) mass is 184 g/mol. The smallest absolute Gasteiger partial charge is 0.223 e. The average molecular weight is 184 g/mol. The molecule has 0 radical (unpaired) electrons. The summed E-state index contributed by atoms with van der Waals surface area (Å²) in [6.07, 6.45) is 0.294. The molecular formula is C9H16N2O2. The second-order valence-electron chi connectivity index (χ2n) is 4.00. The van der Waals surface area contributed by atoms with E-state index in [1.807, 2.05) is 13.8 Å². The van der Waals surface area contributed by atoms with Gasteiger partial charge < -0.3 is 10.6 Å². The summed E-state index contributed by atoms with van der Waals surface area (Å²) in [6.45, 7) is 5.32. The van der Waals surface area contributed by atoms with Gasteiger partial charge in [-0.15, -0.1) is 0 Å². The van der Waals surface area contributed by atoms with E-state index in [1.54, 1.807) is 4.90 Å². The van der Waals surface area contributed by atoms with Gasteiger partial charge in [0.25, 0.3) is 0 Å². The zero-order chi connectivity index (χ0) is 10.0. The maximum Gasteiger partial charge on any atom is 0.223 e. The van der Waals surface area contributed by atoms with Gasteiger partial charge in [-0.05, 0) is 5.92 Å². The lowest BCUT2D eigenvalue weighted by molar-refractivity contribution is -0.128. The van der Waals surface area contributed by atoms with Crippen molar-refractivity contribution in [2.75, 3.05) is 13.1 Å². The number of amides is 2. The molecule has 1 rings (SSSR count). The van der Waals surface area contributed by atoms with E-state index >= 15 is 0 Å². The Hall–Kier alpha value is -1.06. The first-order valence-corrected chi connectivity index (χ1v) is 4.57. The highest BCUT2D eigenvalue weighted by Crippen LogP contribution is 2.18. The van der Waals surface area contributed by atoms with Crippen molar-refractivity contribution in [3.05, 3.63) is 0 Å². The van der Waals surface area contributed by atoms with Crippen molar-refractivity contribution >= 4 is 11.8 Å². The number of likely N-dealkylation sites (tertiary alicyclic amines) is 1. The van der Waals surface area contributed by atoms with Crippen LogP contribution in [-0.4, -0.2) is 29.8 Å². The number of carbonyl (C=O) groups is 2. The normalized spacial score (nSPS) is 22.8. The van der Waals surface area contributed by atoms with Gasteiger partial charge in [0.1, 0.15) is 0 Å². The van der Waals surface area contributed by atoms with E-state index in [9.17, 15) is 9.59 Å². The quantitative estimate of drug-likeness (QED) is 0.669. The minimum Gasteiger partial charge on any atom is -0.369 e. The van der Waals surface area contributed by atoms with Crippen LogP contribution < -0.4 is 5.73 Å². The Bertz CT molecular complexity index is 226. The highest BCUT2D eigenvalue weighted by Gasteiger charge is 2.32. The molecule has 4 nitrogen and oxygen atoms in total.